The molecule has 0 aromatic heterocycles. The zero-order valence-electron chi connectivity index (χ0n) is 11.4. The van der Waals surface area contributed by atoms with Crippen LogP contribution < -0.4 is 5.32 Å². The van der Waals surface area contributed by atoms with Crippen molar-refractivity contribution in [2.24, 2.45) is 0 Å². The zero-order chi connectivity index (χ0) is 14.5. The Morgan fingerprint density at radius 2 is 1.65 bits per heavy atom. The zero-order valence-corrected chi connectivity index (χ0v) is 12.2. The Balaban J connectivity index is 1.85. The second-order valence-electron chi connectivity index (χ2n) is 4.66. The van der Waals surface area contributed by atoms with Gasteiger partial charge in [0, 0.05) is 43.3 Å². The van der Waals surface area contributed by atoms with Crippen LogP contribution in [-0.4, -0.2) is 47.9 Å². The van der Waals surface area contributed by atoms with Crippen molar-refractivity contribution in [3.05, 3.63) is 29.3 Å². The number of urea groups is 1. The molecule has 0 spiro atoms. The van der Waals surface area contributed by atoms with Crippen molar-refractivity contribution in [3.8, 4) is 0 Å². The summed E-state index contributed by atoms with van der Waals surface area (Å²) in [5, 5.41) is 3.46. The monoisotopic (exact) mass is 295 g/mol. The van der Waals surface area contributed by atoms with Crippen LogP contribution in [0.4, 0.5) is 10.5 Å². The van der Waals surface area contributed by atoms with E-state index in [1.54, 1.807) is 34.1 Å². The summed E-state index contributed by atoms with van der Waals surface area (Å²) in [6, 6.07) is 6.84. The number of rotatable bonds is 2. The van der Waals surface area contributed by atoms with Gasteiger partial charge in [-0.2, -0.15) is 0 Å². The van der Waals surface area contributed by atoms with Crippen molar-refractivity contribution in [3.63, 3.8) is 0 Å². The molecule has 20 heavy (non-hydrogen) atoms. The molecule has 0 aliphatic carbocycles. The molecule has 0 unspecified atom stereocenters. The number of amides is 3. The van der Waals surface area contributed by atoms with Crippen molar-refractivity contribution in [1.29, 1.82) is 0 Å². The van der Waals surface area contributed by atoms with Gasteiger partial charge in [0.15, 0.2) is 0 Å². The molecule has 1 saturated heterocycles. The molecule has 1 aliphatic heterocycles. The van der Waals surface area contributed by atoms with E-state index in [-0.39, 0.29) is 11.9 Å². The Morgan fingerprint density at radius 1 is 1.10 bits per heavy atom. The molecule has 1 heterocycles. The van der Waals surface area contributed by atoms with Gasteiger partial charge in [0.25, 0.3) is 0 Å². The highest BCUT2D eigenvalue weighted by molar-refractivity contribution is 6.30. The summed E-state index contributed by atoms with van der Waals surface area (Å²) < 4.78 is 0. The van der Waals surface area contributed by atoms with E-state index in [2.05, 4.69) is 5.32 Å². The maximum atomic E-state index is 12.1. The Bertz CT molecular complexity index is 482. The molecule has 1 N–H and O–H groups in total. The van der Waals surface area contributed by atoms with Gasteiger partial charge in [0.1, 0.15) is 0 Å². The molecule has 0 saturated carbocycles. The average molecular weight is 296 g/mol. The molecule has 0 atom stereocenters. The number of anilines is 1. The summed E-state index contributed by atoms with van der Waals surface area (Å²) in [6.07, 6.45) is 0.511. The van der Waals surface area contributed by atoms with E-state index in [9.17, 15) is 9.59 Å². The third-order valence-electron chi connectivity index (χ3n) is 3.32. The first-order chi connectivity index (χ1) is 9.60. The van der Waals surface area contributed by atoms with Crippen LogP contribution >= 0.6 is 11.6 Å². The third kappa shape index (κ3) is 3.63. The predicted molar refractivity (Wildman–Crippen MR) is 78.9 cm³/mol. The van der Waals surface area contributed by atoms with Crippen LogP contribution in [0, 0.1) is 0 Å². The SMILES string of the molecule is CCC(=O)N1CCN(C(=O)Nc2ccc(Cl)cc2)CC1. The fourth-order valence-electron chi connectivity index (χ4n) is 2.12. The van der Waals surface area contributed by atoms with E-state index in [0.29, 0.717) is 43.3 Å². The molecule has 108 valence electrons. The van der Waals surface area contributed by atoms with E-state index < -0.39 is 0 Å². The van der Waals surface area contributed by atoms with Crippen molar-refractivity contribution in [1.82, 2.24) is 9.80 Å². The fraction of sp³-hybridized carbons (Fsp3) is 0.429. The summed E-state index contributed by atoms with van der Waals surface area (Å²) in [5.74, 6) is 0.141. The van der Waals surface area contributed by atoms with E-state index in [1.165, 1.54) is 0 Å². The summed E-state index contributed by atoms with van der Waals surface area (Å²) in [6.45, 7) is 4.17. The topological polar surface area (TPSA) is 52.7 Å². The van der Waals surface area contributed by atoms with Gasteiger partial charge < -0.3 is 15.1 Å². The number of carbonyl (C=O) groups is 2. The van der Waals surface area contributed by atoms with Gasteiger partial charge >= 0.3 is 6.03 Å². The Kier molecular flexibility index (Phi) is 4.84. The van der Waals surface area contributed by atoms with Crippen molar-refractivity contribution >= 4 is 29.2 Å². The van der Waals surface area contributed by atoms with Crippen molar-refractivity contribution < 1.29 is 9.59 Å². The molecule has 1 aliphatic rings. The maximum absolute atomic E-state index is 12.1. The minimum Gasteiger partial charge on any atom is -0.339 e. The third-order valence-corrected chi connectivity index (χ3v) is 3.57. The quantitative estimate of drug-likeness (QED) is 0.911. The first kappa shape index (κ1) is 14.7. The lowest BCUT2D eigenvalue weighted by Crippen LogP contribution is -2.51. The Labute approximate surface area is 123 Å². The van der Waals surface area contributed by atoms with Crippen molar-refractivity contribution in [2.45, 2.75) is 13.3 Å². The minimum absolute atomic E-state index is 0.141. The molecule has 2 rings (SSSR count). The number of nitrogens with zero attached hydrogens (tertiary/aromatic N) is 2. The van der Waals surface area contributed by atoms with Gasteiger partial charge in [-0.05, 0) is 24.3 Å². The number of hydrogen-bond acceptors (Lipinski definition) is 2. The van der Waals surface area contributed by atoms with E-state index >= 15 is 0 Å². The molecule has 6 heteroatoms. The molecule has 1 aromatic carbocycles. The van der Waals surface area contributed by atoms with E-state index in [0.717, 1.165) is 0 Å². The molecule has 3 amide bonds. The number of halogens is 1. The normalized spacial score (nSPS) is 15.1. The Morgan fingerprint density at radius 3 is 2.20 bits per heavy atom. The van der Waals surface area contributed by atoms with Crippen LogP contribution in [0.15, 0.2) is 24.3 Å². The number of benzene rings is 1. The lowest BCUT2D eigenvalue weighted by atomic mass is 10.3. The smallest absolute Gasteiger partial charge is 0.321 e. The lowest BCUT2D eigenvalue weighted by Gasteiger charge is -2.34. The van der Waals surface area contributed by atoms with Crippen LogP contribution in [0.1, 0.15) is 13.3 Å². The number of hydrogen-bond donors (Lipinski definition) is 1. The second kappa shape index (κ2) is 6.61. The number of nitrogens with one attached hydrogen (secondary N) is 1. The van der Waals surface area contributed by atoms with Gasteiger partial charge in [-0.3, -0.25) is 4.79 Å². The highest BCUT2D eigenvalue weighted by Crippen LogP contribution is 2.14. The predicted octanol–water partition coefficient (Wildman–Crippen LogP) is 2.43. The van der Waals surface area contributed by atoms with Crippen molar-refractivity contribution in [2.75, 3.05) is 31.5 Å². The van der Waals surface area contributed by atoms with Gasteiger partial charge in [0.05, 0.1) is 0 Å². The molecular formula is C14H18ClN3O2. The molecule has 1 fully saturated rings. The summed E-state index contributed by atoms with van der Waals surface area (Å²) in [7, 11) is 0. The molecule has 0 radical (unpaired) electrons. The van der Waals surface area contributed by atoms with Crippen LogP contribution in [0.3, 0.4) is 0 Å². The molecule has 0 bridgehead atoms. The first-order valence-corrected chi connectivity index (χ1v) is 7.07. The summed E-state index contributed by atoms with van der Waals surface area (Å²) in [4.78, 5) is 27.2. The van der Waals surface area contributed by atoms with Gasteiger partial charge in [-0.15, -0.1) is 0 Å². The highest BCUT2D eigenvalue weighted by atomic mass is 35.5. The standard InChI is InChI=1S/C14H18ClN3O2/c1-2-13(19)17-7-9-18(10-8-17)14(20)16-12-5-3-11(15)4-6-12/h3-6H,2,7-10H2,1H3,(H,16,20). The largest absolute Gasteiger partial charge is 0.339 e. The first-order valence-electron chi connectivity index (χ1n) is 6.69. The van der Waals surface area contributed by atoms with E-state index in [1.807, 2.05) is 6.92 Å². The minimum atomic E-state index is -0.143. The number of piperazine rings is 1. The van der Waals surface area contributed by atoms with E-state index in [4.69, 9.17) is 11.6 Å². The molecule has 1 aromatic rings. The summed E-state index contributed by atoms with van der Waals surface area (Å²) >= 11 is 5.80. The Hall–Kier alpha value is -1.75. The second-order valence-corrected chi connectivity index (χ2v) is 5.09. The van der Waals surface area contributed by atoms with Crippen LogP contribution in [0.25, 0.3) is 0 Å². The van der Waals surface area contributed by atoms with Crippen LogP contribution in [0.2, 0.25) is 5.02 Å². The molecule has 5 nitrogen and oxygen atoms in total. The maximum Gasteiger partial charge on any atom is 0.321 e. The van der Waals surface area contributed by atoms with Gasteiger partial charge in [-0.1, -0.05) is 18.5 Å². The van der Waals surface area contributed by atoms with Gasteiger partial charge in [0.2, 0.25) is 5.91 Å². The molecular weight excluding hydrogens is 278 g/mol. The highest BCUT2D eigenvalue weighted by Gasteiger charge is 2.23. The van der Waals surface area contributed by atoms with Crippen LogP contribution in [-0.2, 0) is 4.79 Å². The summed E-state index contributed by atoms with van der Waals surface area (Å²) in [5.41, 5.74) is 0.714. The lowest BCUT2D eigenvalue weighted by molar-refractivity contribution is -0.132. The van der Waals surface area contributed by atoms with Crippen LogP contribution in [0.5, 0.6) is 0 Å². The van der Waals surface area contributed by atoms with Gasteiger partial charge in [-0.25, -0.2) is 4.79 Å². The fourth-order valence-corrected chi connectivity index (χ4v) is 2.24. The average Bonchev–Trinajstić information content (AvgIpc) is 2.49. The number of carbonyl (C=O) groups excluding carboxylic acids is 2.